The molecule has 0 fully saturated rings. The molecule has 24 heavy (non-hydrogen) atoms. The van der Waals surface area contributed by atoms with Crippen molar-refractivity contribution in [3.8, 4) is 5.88 Å². The number of hydrogen-bond acceptors (Lipinski definition) is 3. The van der Waals surface area contributed by atoms with E-state index in [1.54, 1.807) is 20.3 Å². The zero-order chi connectivity index (χ0) is 17.3. The minimum absolute atomic E-state index is 0.0730. The van der Waals surface area contributed by atoms with Crippen LogP contribution < -0.4 is 10.5 Å². The number of fused-ring (bicyclic) bond motifs is 1. The maximum absolute atomic E-state index is 12.0. The maximum Gasteiger partial charge on any atom is 0.278 e. The molecule has 0 saturated carbocycles. The molecule has 1 heterocycles. The van der Waals surface area contributed by atoms with Crippen LogP contribution in [0, 0.1) is 0 Å². The van der Waals surface area contributed by atoms with Crippen molar-refractivity contribution >= 4 is 22.5 Å². The van der Waals surface area contributed by atoms with E-state index in [-0.39, 0.29) is 17.0 Å². The van der Waals surface area contributed by atoms with Crippen LogP contribution in [0.25, 0.3) is 16.8 Å². The molecule has 0 atom stereocenters. The zero-order valence-corrected chi connectivity index (χ0v) is 13.9. The van der Waals surface area contributed by atoms with Crippen LogP contribution >= 0.6 is 0 Å². The first-order chi connectivity index (χ1) is 11.5. The van der Waals surface area contributed by atoms with E-state index >= 15 is 0 Å². The number of benzene rings is 2. The van der Waals surface area contributed by atoms with Crippen LogP contribution in [0.5, 0.6) is 5.88 Å². The molecule has 0 saturated heterocycles. The largest absolute Gasteiger partial charge is 0.493 e. The van der Waals surface area contributed by atoms with Gasteiger partial charge in [-0.05, 0) is 17.5 Å². The Morgan fingerprint density at radius 3 is 2.50 bits per heavy atom. The van der Waals surface area contributed by atoms with Gasteiger partial charge in [0.1, 0.15) is 5.56 Å². The van der Waals surface area contributed by atoms with Crippen molar-refractivity contribution in [1.29, 1.82) is 0 Å². The van der Waals surface area contributed by atoms with E-state index in [9.17, 15) is 9.90 Å². The van der Waals surface area contributed by atoms with Crippen LogP contribution in [0.2, 0.25) is 0 Å². The lowest BCUT2D eigenvalue weighted by atomic mass is 10.1. The van der Waals surface area contributed by atoms with E-state index in [0.717, 1.165) is 16.5 Å². The first-order valence-corrected chi connectivity index (χ1v) is 7.59. The normalized spacial score (nSPS) is 10.5. The summed E-state index contributed by atoms with van der Waals surface area (Å²) < 4.78 is 2.74. The molecule has 0 aliphatic rings. The second kappa shape index (κ2) is 6.14. The van der Waals surface area contributed by atoms with E-state index in [0.29, 0.717) is 0 Å². The first-order valence-electron chi connectivity index (χ1n) is 7.59. The van der Waals surface area contributed by atoms with Gasteiger partial charge in [0.2, 0.25) is 5.88 Å². The molecule has 3 rings (SSSR count). The molecular formula is C19H19N3O2. The fraction of sp³-hybridized carbons (Fsp3) is 0.158. The third-order valence-electron chi connectivity index (χ3n) is 4.16. The molecule has 0 radical (unpaired) electrons. The van der Waals surface area contributed by atoms with Crippen molar-refractivity contribution < 1.29 is 5.11 Å². The first kappa shape index (κ1) is 15.7. The maximum atomic E-state index is 12.0. The quantitative estimate of drug-likeness (QED) is 0.755. The minimum atomic E-state index is -0.260. The monoisotopic (exact) mass is 321 g/mol. The molecular weight excluding hydrogens is 302 g/mol. The smallest absolute Gasteiger partial charge is 0.278 e. The molecule has 5 heteroatoms. The van der Waals surface area contributed by atoms with Gasteiger partial charge >= 0.3 is 0 Å². The molecule has 0 aliphatic heterocycles. The molecule has 3 aromatic rings. The van der Waals surface area contributed by atoms with Crippen molar-refractivity contribution in [2.75, 3.05) is 11.9 Å². The molecule has 0 aliphatic carbocycles. The van der Waals surface area contributed by atoms with Gasteiger partial charge < -0.3 is 10.0 Å². The summed E-state index contributed by atoms with van der Waals surface area (Å²) in [5.74, 6) is -0.0730. The predicted octanol–water partition coefficient (Wildman–Crippen LogP) is 2.84. The fourth-order valence-electron chi connectivity index (χ4n) is 2.67. The van der Waals surface area contributed by atoms with E-state index in [4.69, 9.17) is 0 Å². The topological polar surface area (TPSA) is 50.4 Å². The fourth-order valence-corrected chi connectivity index (χ4v) is 2.67. The van der Waals surface area contributed by atoms with Gasteiger partial charge in [-0.2, -0.15) is 0 Å². The highest BCUT2D eigenvalue weighted by Crippen LogP contribution is 2.25. The van der Waals surface area contributed by atoms with Crippen molar-refractivity contribution in [3.63, 3.8) is 0 Å². The average Bonchev–Trinajstić information content (AvgIpc) is 2.78. The highest BCUT2D eigenvalue weighted by molar-refractivity contribution is 5.94. The summed E-state index contributed by atoms with van der Waals surface area (Å²) in [5, 5.41) is 12.3. The molecule has 122 valence electrons. The zero-order valence-electron chi connectivity index (χ0n) is 13.9. The number of aromatic nitrogens is 2. The van der Waals surface area contributed by atoms with Gasteiger partial charge in [-0.1, -0.05) is 36.4 Å². The Morgan fingerprint density at radius 2 is 1.79 bits per heavy atom. The standard InChI is InChI=1S/C19H19N3O2/c1-20(17-12-6-9-14-8-4-5-10-15(14)17)13-7-11-16-18(23)21(2)22(3)19(16)24/h4-6,8-13,23H,1-3H3. The third-order valence-corrected chi connectivity index (χ3v) is 4.16. The van der Waals surface area contributed by atoms with Gasteiger partial charge in [-0.25, -0.2) is 0 Å². The van der Waals surface area contributed by atoms with Crippen LogP contribution in [0.1, 0.15) is 5.56 Å². The lowest BCUT2D eigenvalue weighted by Gasteiger charge is -2.15. The highest BCUT2D eigenvalue weighted by atomic mass is 16.3. The van der Waals surface area contributed by atoms with Gasteiger partial charge in [0.05, 0.1) is 0 Å². The number of aromatic hydroxyl groups is 1. The Morgan fingerprint density at radius 1 is 1.08 bits per heavy atom. The van der Waals surface area contributed by atoms with Gasteiger partial charge in [-0.3, -0.25) is 14.2 Å². The van der Waals surface area contributed by atoms with Crippen molar-refractivity contribution in [3.05, 3.63) is 70.3 Å². The number of hydrogen-bond donors (Lipinski definition) is 1. The van der Waals surface area contributed by atoms with Crippen molar-refractivity contribution in [2.24, 2.45) is 14.1 Å². The Labute approximate surface area is 140 Å². The van der Waals surface area contributed by atoms with Gasteiger partial charge in [0, 0.05) is 38.4 Å². The average molecular weight is 321 g/mol. The molecule has 5 nitrogen and oxygen atoms in total. The summed E-state index contributed by atoms with van der Waals surface area (Å²) >= 11 is 0. The van der Waals surface area contributed by atoms with Crippen molar-refractivity contribution in [1.82, 2.24) is 9.36 Å². The Balaban J connectivity index is 1.97. The number of nitrogens with zero attached hydrogens (tertiary/aromatic N) is 3. The molecule has 1 aromatic heterocycles. The second-order valence-electron chi connectivity index (χ2n) is 5.64. The van der Waals surface area contributed by atoms with Crippen molar-refractivity contribution in [2.45, 2.75) is 0 Å². The molecule has 0 amide bonds. The van der Waals surface area contributed by atoms with Gasteiger partial charge in [-0.15, -0.1) is 5.73 Å². The SMILES string of the molecule is CN(C=C=Cc1c(O)n(C)n(C)c1=O)c1cccc2ccccc12. The summed E-state index contributed by atoms with van der Waals surface area (Å²) in [4.78, 5) is 13.9. The summed E-state index contributed by atoms with van der Waals surface area (Å²) in [5.41, 5.74) is 3.98. The van der Waals surface area contributed by atoms with Crippen LogP contribution in [0.3, 0.4) is 0 Å². The summed E-state index contributed by atoms with van der Waals surface area (Å²) in [7, 11) is 5.15. The summed E-state index contributed by atoms with van der Waals surface area (Å²) in [6.45, 7) is 0. The number of anilines is 1. The van der Waals surface area contributed by atoms with E-state index < -0.39 is 0 Å². The van der Waals surface area contributed by atoms with Crippen LogP contribution in [-0.4, -0.2) is 21.5 Å². The lowest BCUT2D eigenvalue weighted by molar-refractivity contribution is 0.396. The second-order valence-corrected chi connectivity index (χ2v) is 5.64. The van der Waals surface area contributed by atoms with Gasteiger partial charge in [0.25, 0.3) is 5.56 Å². The van der Waals surface area contributed by atoms with Crippen LogP contribution in [-0.2, 0) is 14.1 Å². The Kier molecular flexibility index (Phi) is 4.02. The van der Waals surface area contributed by atoms with E-state index in [2.05, 4.69) is 23.9 Å². The van der Waals surface area contributed by atoms with E-state index in [1.165, 1.54) is 15.4 Å². The third kappa shape index (κ3) is 2.62. The minimum Gasteiger partial charge on any atom is -0.493 e. The molecule has 0 bridgehead atoms. The lowest BCUT2D eigenvalue weighted by Crippen LogP contribution is -2.17. The highest BCUT2D eigenvalue weighted by Gasteiger charge is 2.11. The van der Waals surface area contributed by atoms with E-state index in [1.807, 2.05) is 36.2 Å². The molecule has 0 spiro atoms. The Bertz CT molecular complexity index is 1020. The summed E-state index contributed by atoms with van der Waals surface area (Å²) in [6.07, 6.45) is 3.24. The summed E-state index contributed by atoms with van der Waals surface area (Å²) in [6, 6.07) is 14.2. The number of rotatable bonds is 3. The van der Waals surface area contributed by atoms with Crippen LogP contribution in [0.4, 0.5) is 5.69 Å². The van der Waals surface area contributed by atoms with Gasteiger partial charge in [0.15, 0.2) is 0 Å². The molecule has 2 aromatic carbocycles. The molecule has 0 unspecified atom stereocenters. The predicted molar refractivity (Wildman–Crippen MR) is 97.2 cm³/mol. The van der Waals surface area contributed by atoms with Crippen LogP contribution in [0.15, 0.2) is 59.2 Å². The Hall–Kier alpha value is -3.17. The molecule has 1 N–H and O–H groups in total.